The number of ether oxygens (including phenoxy) is 1. The molecule has 2 atom stereocenters. The van der Waals surface area contributed by atoms with Gasteiger partial charge in [-0.1, -0.05) is 411 Å². The van der Waals surface area contributed by atoms with Crippen molar-refractivity contribution in [2.45, 2.75) is 456 Å². The lowest BCUT2D eigenvalue weighted by molar-refractivity contribution is -0.143. The van der Waals surface area contributed by atoms with E-state index in [-0.39, 0.29) is 18.5 Å². The summed E-state index contributed by atoms with van der Waals surface area (Å²) in [5.41, 5.74) is 0. The lowest BCUT2D eigenvalue weighted by Gasteiger charge is -2.20. The topological polar surface area (TPSA) is 95.9 Å². The van der Waals surface area contributed by atoms with Crippen LogP contribution >= 0.6 is 0 Å². The minimum atomic E-state index is -0.843. The van der Waals surface area contributed by atoms with Crippen LogP contribution in [0, 0.1) is 0 Å². The first-order valence-corrected chi connectivity index (χ1v) is 38.5. The Morgan fingerprint density at radius 3 is 0.819 bits per heavy atom. The molecule has 0 aliphatic heterocycles. The zero-order valence-corrected chi connectivity index (χ0v) is 56.7. The van der Waals surface area contributed by atoms with Crippen molar-refractivity contribution in [3.8, 4) is 0 Å². The fraction of sp³-hybridized carbons (Fsp3) is 0.948. The second kappa shape index (κ2) is 73.1. The number of aliphatic hydroxyl groups is 2. The highest BCUT2D eigenvalue weighted by Crippen LogP contribution is 2.20. The Morgan fingerprint density at radius 2 is 0.554 bits per heavy atom. The van der Waals surface area contributed by atoms with E-state index in [4.69, 9.17) is 4.74 Å². The van der Waals surface area contributed by atoms with E-state index in [1.165, 1.54) is 379 Å². The van der Waals surface area contributed by atoms with E-state index in [1.807, 2.05) is 6.08 Å². The molecule has 6 heteroatoms. The minimum Gasteiger partial charge on any atom is -0.466 e. The molecule has 0 aliphatic rings. The third kappa shape index (κ3) is 69.6. The SMILES string of the molecule is CCCCCCCCCCCCCCCCCCCCCC/C=C/C(O)C(CO)NC(=O)CCCCCCCCCCCCCCCCCCCCCCCCCCCCCCCOC(=O)CCCCCCCCCCCCCCCCC. The first-order valence-electron chi connectivity index (χ1n) is 38.5. The van der Waals surface area contributed by atoms with Gasteiger partial charge >= 0.3 is 5.97 Å². The maximum absolute atomic E-state index is 12.5. The van der Waals surface area contributed by atoms with Crippen LogP contribution in [0.1, 0.15) is 444 Å². The summed E-state index contributed by atoms with van der Waals surface area (Å²) < 4.78 is 5.51. The second-order valence-electron chi connectivity index (χ2n) is 26.7. The molecule has 0 saturated carbocycles. The predicted molar refractivity (Wildman–Crippen MR) is 366 cm³/mol. The van der Waals surface area contributed by atoms with Gasteiger partial charge in [0.05, 0.1) is 25.4 Å². The van der Waals surface area contributed by atoms with E-state index in [9.17, 15) is 19.8 Å². The Balaban J connectivity index is 3.35. The van der Waals surface area contributed by atoms with Crippen molar-refractivity contribution in [2.24, 2.45) is 0 Å². The zero-order chi connectivity index (χ0) is 59.9. The molecule has 0 bridgehead atoms. The summed E-state index contributed by atoms with van der Waals surface area (Å²) in [6.45, 7) is 4.96. The number of aliphatic hydroxyl groups excluding tert-OH is 2. The van der Waals surface area contributed by atoms with Crippen molar-refractivity contribution in [3.05, 3.63) is 12.2 Å². The molecule has 1 amide bonds. The number of hydrogen-bond acceptors (Lipinski definition) is 5. The number of nitrogens with one attached hydrogen (secondary N) is 1. The van der Waals surface area contributed by atoms with Crippen LogP contribution in [0.2, 0.25) is 0 Å². The lowest BCUT2D eigenvalue weighted by atomic mass is 10.0. The number of carbonyl (C=O) groups excluding carboxylic acids is 2. The summed E-state index contributed by atoms with van der Waals surface area (Å²) in [4.78, 5) is 24.6. The third-order valence-electron chi connectivity index (χ3n) is 18.3. The summed E-state index contributed by atoms with van der Waals surface area (Å²) >= 11 is 0. The number of hydrogen-bond donors (Lipinski definition) is 3. The van der Waals surface area contributed by atoms with Gasteiger partial charge in [-0.2, -0.15) is 0 Å². The van der Waals surface area contributed by atoms with E-state index in [0.717, 1.165) is 38.5 Å². The summed E-state index contributed by atoms with van der Waals surface area (Å²) in [5.74, 6) is -0.0358. The van der Waals surface area contributed by atoms with E-state index >= 15 is 0 Å². The van der Waals surface area contributed by atoms with Gasteiger partial charge in [-0.25, -0.2) is 0 Å². The van der Waals surface area contributed by atoms with Crippen molar-refractivity contribution in [2.75, 3.05) is 13.2 Å². The number of carbonyl (C=O) groups is 2. The largest absolute Gasteiger partial charge is 0.466 e. The first-order chi connectivity index (χ1) is 41.0. The monoisotopic (exact) mass is 1170 g/mol. The van der Waals surface area contributed by atoms with Gasteiger partial charge < -0.3 is 20.3 Å². The number of unbranched alkanes of at least 4 members (excludes halogenated alkanes) is 62. The highest BCUT2D eigenvalue weighted by molar-refractivity contribution is 5.76. The summed E-state index contributed by atoms with van der Waals surface area (Å²) in [7, 11) is 0. The maximum atomic E-state index is 12.5. The fourth-order valence-electron chi connectivity index (χ4n) is 12.5. The number of esters is 1. The molecule has 2 unspecified atom stereocenters. The molecule has 0 fully saturated rings. The lowest BCUT2D eigenvalue weighted by Crippen LogP contribution is -2.45. The molecule has 6 nitrogen and oxygen atoms in total. The normalized spacial score (nSPS) is 12.5. The minimum absolute atomic E-state index is 0.0233. The smallest absolute Gasteiger partial charge is 0.305 e. The fourth-order valence-corrected chi connectivity index (χ4v) is 12.5. The quantitative estimate of drug-likeness (QED) is 0.0320. The van der Waals surface area contributed by atoms with Gasteiger partial charge in [-0.3, -0.25) is 9.59 Å². The predicted octanol–water partition coefficient (Wildman–Crippen LogP) is 25.1. The first kappa shape index (κ1) is 81.6. The number of rotatable bonds is 73. The molecule has 0 aliphatic carbocycles. The average molecular weight is 1170 g/mol. The molecule has 0 heterocycles. The Bertz CT molecular complexity index is 1260. The molecule has 494 valence electrons. The molecule has 0 rings (SSSR count). The van der Waals surface area contributed by atoms with Crippen LogP contribution in [0.3, 0.4) is 0 Å². The van der Waals surface area contributed by atoms with Crippen LogP contribution in [0.4, 0.5) is 0 Å². The van der Waals surface area contributed by atoms with Gasteiger partial charge in [0.15, 0.2) is 0 Å². The van der Waals surface area contributed by atoms with Crippen molar-refractivity contribution in [1.82, 2.24) is 5.32 Å². The van der Waals surface area contributed by atoms with Crippen molar-refractivity contribution >= 4 is 11.9 Å². The number of allylic oxidation sites excluding steroid dienone is 1. The van der Waals surface area contributed by atoms with Gasteiger partial charge in [-0.15, -0.1) is 0 Å². The van der Waals surface area contributed by atoms with Crippen molar-refractivity contribution < 1.29 is 24.5 Å². The van der Waals surface area contributed by atoms with E-state index in [1.54, 1.807) is 6.08 Å². The molecular weight excluding hydrogens is 1020 g/mol. The van der Waals surface area contributed by atoms with Gasteiger partial charge in [0.2, 0.25) is 5.91 Å². The molecule has 0 saturated heterocycles. The van der Waals surface area contributed by atoms with Gasteiger partial charge in [0.1, 0.15) is 0 Å². The maximum Gasteiger partial charge on any atom is 0.305 e. The Labute approximate surface area is 520 Å². The zero-order valence-electron chi connectivity index (χ0n) is 56.7. The summed E-state index contributed by atoms with van der Waals surface area (Å²) in [6.07, 6.45) is 91.8. The molecule has 83 heavy (non-hydrogen) atoms. The highest BCUT2D eigenvalue weighted by atomic mass is 16.5. The highest BCUT2D eigenvalue weighted by Gasteiger charge is 2.18. The van der Waals surface area contributed by atoms with E-state index < -0.39 is 12.1 Å². The molecule has 0 aromatic heterocycles. The molecular formula is C77H151NO5. The molecule has 0 aromatic rings. The van der Waals surface area contributed by atoms with Crippen LogP contribution in [-0.2, 0) is 14.3 Å². The second-order valence-corrected chi connectivity index (χ2v) is 26.7. The molecule has 0 radical (unpaired) electrons. The average Bonchev–Trinajstić information content (AvgIpc) is 3.49. The summed E-state index contributed by atoms with van der Waals surface area (Å²) in [6, 6.07) is -0.626. The Morgan fingerprint density at radius 1 is 0.325 bits per heavy atom. The van der Waals surface area contributed by atoms with Gasteiger partial charge in [-0.05, 0) is 32.1 Å². The van der Waals surface area contributed by atoms with Crippen molar-refractivity contribution in [1.29, 1.82) is 0 Å². The number of amides is 1. The van der Waals surface area contributed by atoms with Crippen LogP contribution in [0.15, 0.2) is 12.2 Å². The van der Waals surface area contributed by atoms with E-state index in [2.05, 4.69) is 19.2 Å². The van der Waals surface area contributed by atoms with E-state index in [0.29, 0.717) is 19.4 Å². The Hall–Kier alpha value is -1.40. The molecule has 3 N–H and O–H groups in total. The van der Waals surface area contributed by atoms with Crippen LogP contribution < -0.4 is 5.32 Å². The van der Waals surface area contributed by atoms with Gasteiger partial charge in [0.25, 0.3) is 0 Å². The van der Waals surface area contributed by atoms with Crippen LogP contribution in [-0.4, -0.2) is 47.4 Å². The standard InChI is InChI=1S/C77H151NO5/c1-3-5-7-9-11-13-15-17-19-20-21-22-32-35-38-42-45-49-53-57-61-65-69-75(80)74(73-79)78-76(81)70-66-62-58-54-50-46-43-39-36-33-30-28-26-24-23-25-27-29-31-34-37-40-44-48-52-56-60-64-68-72-83-77(82)71-67-63-59-55-51-47-41-18-16-14-12-10-8-6-4-2/h65,69,74-75,79-80H,3-64,66-68,70-73H2,1-2H3,(H,78,81)/b69-65+. The third-order valence-corrected chi connectivity index (χ3v) is 18.3. The summed E-state index contributed by atoms with van der Waals surface area (Å²) in [5, 5.41) is 23.3. The van der Waals surface area contributed by atoms with Crippen LogP contribution in [0.25, 0.3) is 0 Å². The molecule has 0 aromatic carbocycles. The van der Waals surface area contributed by atoms with Crippen LogP contribution in [0.5, 0.6) is 0 Å². The Kier molecular flexibility index (Phi) is 71.8. The van der Waals surface area contributed by atoms with Crippen molar-refractivity contribution in [3.63, 3.8) is 0 Å². The molecule has 0 spiro atoms. The van der Waals surface area contributed by atoms with Gasteiger partial charge in [0, 0.05) is 12.8 Å².